The molecule has 0 bridgehead atoms. The van der Waals surface area contributed by atoms with E-state index in [4.69, 9.17) is 10.5 Å². The molecule has 2 aromatic rings. The molecule has 2 aromatic carbocycles. The van der Waals surface area contributed by atoms with E-state index in [-0.39, 0.29) is 47.7 Å². The topological polar surface area (TPSA) is 72.6 Å². The highest BCUT2D eigenvalue weighted by Crippen LogP contribution is 2.54. The second-order valence-corrected chi connectivity index (χ2v) is 9.43. The van der Waals surface area contributed by atoms with Crippen LogP contribution in [0.3, 0.4) is 0 Å². The molecule has 2 N–H and O–H groups in total. The molecule has 5 heteroatoms. The fourth-order valence-electron chi connectivity index (χ4n) is 6.36. The maximum Gasteiger partial charge on any atom is 0.309 e. The monoisotopic (exact) mass is 418 g/mol. The van der Waals surface area contributed by atoms with E-state index in [0.29, 0.717) is 5.92 Å². The Bertz CT molecular complexity index is 908. The van der Waals surface area contributed by atoms with Crippen molar-refractivity contribution in [1.29, 1.82) is 0 Å². The molecule has 3 aliphatic rings. The number of cyclic esters (lactones) is 1. The van der Waals surface area contributed by atoms with Crippen molar-refractivity contribution in [1.82, 2.24) is 0 Å². The number of anilines is 2. The van der Waals surface area contributed by atoms with Gasteiger partial charge in [0.25, 0.3) is 0 Å². The van der Waals surface area contributed by atoms with Crippen molar-refractivity contribution in [2.24, 2.45) is 35.3 Å². The minimum atomic E-state index is -0.252. The molecule has 5 rings (SSSR count). The largest absolute Gasteiger partial charge is 0.462 e. The van der Waals surface area contributed by atoms with Crippen LogP contribution in [-0.2, 0) is 14.3 Å². The van der Waals surface area contributed by atoms with Gasteiger partial charge in [-0.3, -0.25) is 14.5 Å². The second kappa shape index (κ2) is 8.12. The maximum atomic E-state index is 14.4. The molecule has 1 heterocycles. The molecule has 3 fully saturated rings. The Labute approximate surface area is 183 Å². The van der Waals surface area contributed by atoms with Gasteiger partial charge in [0, 0.05) is 29.3 Å². The quantitative estimate of drug-likeness (QED) is 0.755. The number of carbonyl (C=O) groups excluding carboxylic acids is 2. The number of para-hydroxylation sites is 2. The van der Waals surface area contributed by atoms with E-state index in [1.54, 1.807) is 0 Å². The number of hydrogen-bond donors (Lipinski definition) is 1. The average molecular weight is 419 g/mol. The van der Waals surface area contributed by atoms with E-state index >= 15 is 0 Å². The number of rotatable bonds is 3. The molecule has 5 nitrogen and oxygen atoms in total. The van der Waals surface area contributed by atoms with Crippen LogP contribution in [-0.4, -0.2) is 24.0 Å². The van der Waals surface area contributed by atoms with Crippen molar-refractivity contribution in [2.45, 2.75) is 44.8 Å². The van der Waals surface area contributed by atoms with E-state index in [2.05, 4.69) is 0 Å². The highest BCUT2D eigenvalue weighted by Gasteiger charge is 2.58. The lowest BCUT2D eigenvalue weighted by Crippen LogP contribution is -2.52. The molecule has 2 saturated carbocycles. The third-order valence-electron chi connectivity index (χ3n) is 7.66. The summed E-state index contributed by atoms with van der Waals surface area (Å²) in [6, 6.07) is 19.8. The van der Waals surface area contributed by atoms with Gasteiger partial charge in [0.1, 0.15) is 6.10 Å². The van der Waals surface area contributed by atoms with Gasteiger partial charge in [-0.1, -0.05) is 36.4 Å². The summed E-state index contributed by atoms with van der Waals surface area (Å²) in [4.78, 5) is 28.9. The van der Waals surface area contributed by atoms with E-state index < -0.39 is 0 Å². The summed E-state index contributed by atoms with van der Waals surface area (Å²) in [5.74, 6) is -0.0697. The summed E-state index contributed by atoms with van der Waals surface area (Å²) >= 11 is 0. The summed E-state index contributed by atoms with van der Waals surface area (Å²) < 4.78 is 5.67. The number of amides is 1. The van der Waals surface area contributed by atoms with Crippen LogP contribution >= 0.6 is 0 Å². The Kier molecular flexibility index (Phi) is 5.30. The number of esters is 1. The Morgan fingerprint density at radius 1 is 0.968 bits per heavy atom. The molecular weight excluding hydrogens is 388 g/mol. The molecule has 162 valence electrons. The van der Waals surface area contributed by atoms with Crippen LogP contribution in [0, 0.1) is 29.6 Å². The molecule has 0 spiro atoms. The van der Waals surface area contributed by atoms with Crippen molar-refractivity contribution >= 4 is 23.3 Å². The van der Waals surface area contributed by atoms with Gasteiger partial charge in [0.05, 0.1) is 5.92 Å². The lowest BCUT2D eigenvalue weighted by atomic mass is 9.56. The van der Waals surface area contributed by atoms with Gasteiger partial charge in [-0.05, 0) is 68.7 Å². The molecule has 1 saturated heterocycles. The fourth-order valence-corrected chi connectivity index (χ4v) is 6.36. The van der Waals surface area contributed by atoms with Crippen molar-refractivity contribution in [3.8, 4) is 0 Å². The SMILES string of the molecule is C[C@@H]1OC(=O)[C@H]2C[C@H]3C[C@@H](N)CC[C@@H]3[C@@H](C(=O)N(c3ccccc3)c3ccccc3)[C@@H]12. The minimum Gasteiger partial charge on any atom is -0.462 e. The van der Waals surface area contributed by atoms with Crippen LogP contribution in [0.15, 0.2) is 60.7 Å². The number of fused-ring (bicyclic) bond motifs is 2. The number of nitrogens with zero attached hydrogens (tertiary/aromatic N) is 1. The Morgan fingerprint density at radius 3 is 2.19 bits per heavy atom. The summed E-state index contributed by atoms with van der Waals surface area (Å²) in [6.07, 6.45) is 3.31. The van der Waals surface area contributed by atoms with Gasteiger partial charge in [-0.25, -0.2) is 0 Å². The first-order chi connectivity index (χ1) is 15.0. The third kappa shape index (κ3) is 3.55. The maximum absolute atomic E-state index is 14.4. The first-order valence-corrected chi connectivity index (χ1v) is 11.4. The highest BCUT2D eigenvalue weighted by molar-refractivity contribution is 6.02. The summed E-state index contributed by atoms with van der Waals surface area (Å²) in [7, 11) is 0. The number of carbonyl (C=O) groups is 2. The molecule has 0 aromatic heterocycles. The highest BCUT2D eigenvalue weighted by atomic mass is 16.6. The normalized spacial score (nSPS) is 34.4. The summed E-state index contributed by atoms with van der Waals surface area (Å²) in [5, 5.41) is 0. The molecular formula is C26H30N2O3. The molecule has 2 aliphatic carbocycles. The number of benzene rings is 2. The number of hydrogen-bond acceptors (Lipinski definition) is 4. The lowest BCUT2D eigenvalue weighted by molar-refractivity contribution is -0.144. The van der Waals surface area contributed by atoms with Gasteiger partial charge in [-0.15, -0.1) is 0 Å². The first kappa shape index (κ1) is 20.3. The van der Waals surface area contributed by atoms with Crippen molar-refractivity contribution < 1.29 is 14.3 Å². The Morgan fingerprint density at radius 2 is 1.58 bits per heavy atom. The standard InChI is InChI=1S/C26H30N2O3/c1-16-23-22(26(30)31-16)15-17-14-18(27)12-13-21(17)24(23)25(29)28(19-8-4-2-5-9-19)20-10-6-3-7-11-20/h2-11,16-18,21-24H,12-15,27H2,1H3/t16-,17+,18-,21-,22-,23-,24+/m0/s1. The van der Waals surface area contributed by atoms with Crippen LogP contribution in [0.1, 0.15) is 32.6 Å². The Hall–Kier alpha value is -2.66. The first-order valence-electron chi connectivity index (χ1n) is 11.4. The van der Waals surface area contributed by atoms with Crippen LogP contribution in [0.25, 0.3) is 0 Å². The zero-order valence-electron chi connectivity index (χ0n) is 17.9. The van der Waals surface area contributed by atoms with E-state index in [1.807, 2.05) is 72.5 Å². The Balaban J connectivity index is 1.58. The van der Waals surface area contributed by atoms with E-state index in [1.165, 1.54) is 0 Å². The summed E-state index contributed by atoms with van der Waals surface area (Å²) in [6.45, 7) is 1.95. The van der Waals surface area contributed by atoms with Gasteiger partial charge in [0.15, 0.2) is 0 Å². The molecule has 31 heavy (non-hydrogen) atoms. The van der Waals surface area contributed by atoms with Crippen molar-refractivity contribution in [2.75, 3.05) is 4.90 Å². The molecule has 1 aliphatic heterocycles. The fraction of sp³-hybridized carbons (Fsp3) is 0.462. The zero-order chi connectivity index (χ0) is 21.5. The lowest BCUT2D eigenvalue weighted by Gasteiger charge is -2.48. The van der Waals surface area contributed by atoms with Gasteiger partial charge in [0.2, 0.25) is 5.91 Å². The van der Waals surface area contributed by atoms with Gasteiger partial charge in [-0.2, -0.15) is 0 Å². The molecule has 1 amide bonds. The van der Waals surface area contributed by atoms with Crippen molar-refractivity contribution in [3.63, 3.8) is 0 Å². The van der Waals surface area contributed by atoms with Crippen LogP contribution < -0.4 is 10.6 Å². The van der Waals surface area contributed by atoms with Crippen LogP contribution in [0.5, 0.6) is 0 Å². The molecule has 0 unspecified atom stereocenters. The number of ether oxygens (including phenoxy) is 1. The predicted molar refractivity (Wildman–Crippen MR) is 119 cm³/mol. The van der Waals surface area contributed by atoms with Gasteiger partial charge < -0.3 is 10.5 Å². The smallest absolute Gasteiger partial charge is 0.309 e. The molecule has 7 atom stereocenters. The van der Waals surface area contributed by atoms with Crippen LogP contribution in [0.4, 0.5) is 11.4 Å². The average Bonchev–Trinajstić information content (AvgIpc) is 3.06. The summed E-state index contributed by atoms with van der Waals surface area (Å²) in [5.41, 5.74) is 7.99. The predicted octanol–water partition coefficient (Wildman–Crippen LogP) is 4.29. The third-order valence-corrected chi connectivity index (χ3v) is 7.66. The number of nitrogens with two attached hydrogens (primary N) is 1. The van der Waals surface area contributed by atoms with E-state index in [0.717, 1.165) is 37.1 Å². The van der Waals surface area contributed by atoms with Gasteiger partial charge >= 0.3 is 5.97 Å². The second-order valence-electron chi connectivity index (χ2n) is 9.43. The molecule has 0 radical (unpaired) electrons. The van der Waals surface area contributed by atoms with E-state index in [9.17, 15) is 9.59 Å². The zero-order valence-corrected chi connectivity index (χ0v) is 17.9. The van der Waals surface area contributed by atoms with Crippen molar-refractivity contribution in [3.05, 3.63) is 60.7 Å². The van der Waals surface area contributed by atoms with Crippen LogP contribution in [0.2, 0.25) is 0 Å². The minimum absolute atomic E-state index is 0.0720.